The summed E-state index contributed by atoms with van der Waals surface area (Å²) in [5, 5.41) is 38.2. The monoisotopic (exact) mass is 794 g/mol. The Kier molecular flexibility index (Phi) is 10.9. The van der Waals surface area contributed by atoms with E-state index >= 15 is 0 Å². The lowest BCUT2D eigenvalue weighted by Gasteiger charge is -2.29. The number of aromatic hydroxyl groups is 2. The summed E-state index contributed by atoms with van der Waals surface area (Å²) < 4.78 is 21.7. The van der Waals surface area contributed by atoms with Gasteiger partial charge in [-0.05, 0) is 62.4 Å². The number of carbonyl (C=O) groups excluding carboxylic acids is 6. The van der Waals surface area contributed by atoms with E-state index in [4.69, 9.17) is 24.1 Å². The quantitative estimate of drug-likeness (QED) is 0.157. The lowest BCUT2D eigenvalue weighted by atomic mass is 9.76. The highest BCUT2D eigenvalue weighted by molar-refractivity contribution is 6.31. The number of aliphatic carboxylic acids is 1. The molecule has 0 aromatic heterocycles. The van der Waals surface area contributed by atoms with Crippen LogP contribution < -0.4 is 4.74 Å². The van der Waals surface area contributed by atoms with Crippen molar-refractivity contribution in [1.29, 1.82) is 0 Å². The number of rotatable bonds is 6. The summed E-state index contributed by atoms with van der Waals surface area (Å²) in [7, 11) is 0. The van der Waals surface area contributed by atoms with Gasteiger partial charge in [0.25, 0.3) is 0 Å². The summed E-state index contributed by atoms with van der Waals surface area (Å²) in [6, 6.07) is 10.4. The molecule has 16 heteroatoms. The number of phenols is 2. The third-order valence-electron chi connectivity index (χ3n) is 10.5. The zero-order valence-corrected chi connectivity index (χ0v) is 30.5. The molecule has 2 fully saturated rings. The van der Waals surface area contributed by atoms with Gasteiger partial charge in [0, 0.05) is 48.7 Å². The predicted molar refractivity (Wildman–Crippen MR) is 195 cm³/mol. The van der Waals surface area contributed by atoms with Crippen molar-refractivity contribution < 1.29 is 77.7 Å². The van der Waals surface area contributed by atoms with Gasteiger partial charge < -0.3 is 39.4 Å². The van der Waals surface area contributed by atoms with Gasteiger partial charge >= 0.3 is 23.9 Å². The maximum absolute atomic E-state index is 13.8. The summed E-state index contributed by atoms with van der Waals surface area (Å²) in [5.74, 6) is -9.51. The minimum absolute atomic E-state index is 0.0159. The van der Waals surface area contributed by atoms with Gasteiger partial charge in [-0.1, -0.05) is 24.3 Å². The van der Waals surface area contributed by atoms with Crippen LogP contribution in [0.15, 0.2) is 71.5 Å². The number of hydrogen-bond donors (Lipinski definition) is 4. The lowest BCUT2D eigenvalue weighted by molar-refractivity contribution is -0.147. The first-order valence-corrected chi connectivity index (χ1v) is 18.3. The molecule has 1 atom stereocenters. The molecule has 58 heavy (non-hydrogen) atoms. The average Bonchev–Trinajstić information content (AvgIpc) is 3.22. The summed E-state index contributed by atoms with van der Waals surface area (Å²) in [6.07, 6.45) is 2.82. The van der Waals surface area contributed by atoms with E-state index in [2.05, 4.69) is 0 Å². The molecular formula is C42H34O16. The molecule has 0 spiro atoms. The molecule has 2 heterocycles. The number of fused-ring (bicyclic) bond motifs is 3. The fourth-order valence-electron chi connectivity index (χ4n) is 7.48. The number of hydrogen-bond acceptors (Lipinski definition) is 14. The first-order chi connectivity index (χ1) is 27.8. The van der Waals surface area contributed by atoms with Crippen LogP contribution in [0.25, 0.3) is 0 Å². The number of ketones is 4. The van der Waals surface area contributed by atoms with Crippen molar-refractivity contribution in [3.05, 3.63) is 110 Å². The van der Waals surface area contributed by atoms with Crippen molar-refractivity contribution in [2.24, 2.45) is 17.8 Å². The highest BCUT2D eigenvalue weighted by Gasteiger charge is 2.43. The highest BCUT2D eigenvalue weighted by Crippen LogP contribution is 2.42. The third-order valence-corrected chi connectivity index (χ3v) is 10.5. The van der Waals surface area contributed by atoms with Crippen LogP contribution >= 0.6 is 0 Å². The van der Waals surface area contributed by atoms with Crippen LogP contribution in [0.3, 0.4) is 0 Å². The highest BCUT2D eigenvalue weighted by atomic mass is 16.5. The van der Waals surface area contributed by atoms with Gasteiger partial charge in [0.05, 0.1) is 45.6 Å². The molecule has 2 saturated heterocycles. The maximum atomic E-state index is 13.8. The van der Waals surface area contributed by atoms with Crippen LogP contribution in [0, 0.1) is 17.8 Å². The molecule has 3 aromatic rings. The Balaban J connectivity index is 0.000000206. The number of phenolic OH excluding ortho intramolecular Hbond substituents is 2. The zero-order chi connectivity index (χ0) is 41.4. The second-order valence-electron chi connectivity index (χ2n) is 14.1. The van der Waals surface area contributed by atoms with Crippen molar-refractivity contribution in [3.63, 3.8) is 0 Å². The molecule has 0 bridgehead atoms. The molecule has 0 radical (unpaired) electrons. The maximum Gasteiger partial charge on any atom is 0.335 e. The number of carbonyl (C=O) groups is 8. The van der Waals surface area contributed by atoms with Crippen LogP contribution in [-0.2, 0) is 28.6 Å². The first-order valence-electron chi connectivity index (χ1n) is 18.3. The number of esters is 2. The number of aromatic carboxylic acids is 1. The Labute approximate surface area is 328 Å². The van der Waals surface area contributed by atoms with Crippen LogP contribution in [0.5, 0.6) is 17.2 Å². The Morgan fingerprint density at radius 2 is 1.19 bits per heavy atom. The number of benzene rings is 3. The molecule has 2 aliphatic heterocycles. The van der Waals surface area contributed by atoms with Crippen molar-refractivity contribution in [2.75, 3.05) is 26.4 Å². The van der Waals surface area contributed by atoms with Crippen LogP contribution in [0.2, 0.25) is 0 Å². The third kappa shape index (κ3) is 7.30. The predicted octanol–water partition coefficient (Wildman–Crippen LogP) is 4.22. The van der Waals surface area contributed by atoms with Gasteiger partial charge in [0.1, 0.15) is 23.0 Å². The standard InChI is InChI=1S/C27H26O10.C15H8O6/c28-23-17-2-1-3-19(36-26(32)14-4-8-34-9-5-14)21(17)24(29)22-18(23)12-16(25(30)31)13-20(22)37-27(33)15-6-10-35-11-7-15;16-9-3-1-2-7-11(9)14(19)12-8(13(7)18)4-6(15(20)21)5-10(12)17/h1-3,13-16H,4-12H2,(H,30,31);1-5,16-17H,(H,20,21). The lowest BCUT2D eigenvalue weighted by Crippen LogP contribution is -2.33. The molecular weight excluding hydrogens is 760 g/mol. The topological polar surface area (TPSA) is 254 Å². The minimum atomic E-state index is -1.32. The van der Waals surface area contributed by atoms with Crippen molar-refractivity contribution in [1.82, 2.24) is 0 Å². The van der Waals surface area contributed by atoms with E-state index in [1.165, 1.54) is 42.5 Å². The van der Waals surface area contributed by atoms with Gasteiger partial charge in [-0.2, -0.15) is 0 Å². The smallest absolute Gasteiger partial charge is 0.335 e. The SMILES string of the molecule is O=C(O)c1cc(O)c2c(c1)C(=O)c1cccc(O)c1C2=O.O=C1C2=C(C(=O)c3c(OC(=O)C4CCOCC4)cccc31)C(OC(=O)C1CCOCC1)=CC(C(=O)O)C2. The number of Topliss-reactive ketones (excluding diaryl/α,β-unsaturated/α-hetero) is 2. The van der Waals surface area contributed by atoms with Gasteiger partial charge in [0.2, 0.25) is 11.6 Å². The Morgan fingerprint density at radius 1 is 0.621 bits per heavy atom. The van der Waals surface area contributed by atoms with Gasteiger partial charge in [-0.25, -0.2) is 4.79 Å². The summed E-state index contributed by atoms with van der Waals surface area (Å²) >= 11 is 0. The van der Waals surface area contributed by atoms with Gasteiger partial charge in [-0.3, -0.25) is 33.6 Å². The van der Waals surface area contributed by atoms with E-state index in [1.807, 2.05) is 0 Å². The molecule has 3 aliphatic carbocycles. The number of carboxylic acids is 2. The summed E-state index contributed by atoms with van der Waals surface area (Å²) in [5.41, 5.74) is -1.26. The fraction of sp³-hybridized carbons (Fsp3) is 0.286. The molecule has 4 N–H and O–H groups in total. The van der Waals surface area contributed by atoms with Gasteiger partial charge in [-0.15, -0.1) is 0 Å². The van der Waals surface area contributed by atoms with Crippen LogP contribution in [0.4, 0.5) is 0 Å². The second-order valence-corrected chi connectivity index (χ2v) is 14.1. The number of allylic oxidation sites excluding steroid dienone is 2. The molecule has 1 unspecified atom stereocenters. The molecule has 298 valence electrons. The van der Waals surface area contributed by atoms with Crippen molar-refractivity contribution in [3.8, 4) is 17.2 Å². The number of carboxylic acid groups (broad SMARTS) is 2. The van der Waals surface area contributed by atoms with Crippen LogP contribution in [-0.4, -0.2) is 93.9 Å². The Morgan fingerprint density at radius 3 is 1.79 bits per heavy atom. The average molecular weight is 795 g/mol. The first kappa shape index (κ1) is 39.5. The number of ether oxygens (including phenoxy) is 4. The van der Waals surface area contributed by atoms with Crippen molar-refractivity contribution in [2.45, 2.75) is 32.1 Å². The largest absolute Gasteiger partial charge is 0.507 e. The van der Waals surface area contributed by atoms with E-state index in [0.717, 1.165) is 12.1 Å². The second kappa shape index (κ2) is 16.0. The summed E-state index contributed by atoms with van der Waals surface area (Å²) in [4.78, 5) is 100. The van der Waals surface area contributed by atoms with Crippen molar-refractivity contribution >= 4 is 47.0 Å². The minimum Gasteiger partial charge on any atom is -0.507 e. The van der Waals surface area contributed by atoms with E-state index in [1.54, 1.807) is 0 Å². The van der Waals surface area contributed by atoms with Crippen LogP contribution in [0.1, 0.15) is 95.0 Å². The van der Waals surface area contributed by atoms with E-state index in [0.29, 0.717) is 52.1 Å². The normalized spacial score (nSPS) is 19.0. The Hall–Kier alpha value is -6.78. The molecule has 0 saturated carbocycles. The molecule has 3 aromatic carbocycles. The summed E-state index contributed by atoms with van der Waals surface area (Å²) in [6.45, 7) is 1.63. The van der Waals surface area contributed by atoms with E-state index in [-0.39, 0.29) is 73.8 Å². The Bertz CT molecular complexity index is 2390. The van der Waals surface area contributed by atoms with Gasteiger partial charge in [0.15, 0.2) is 11.6 Å². The molecule has 5 aliphatic rings. The molecule has 0 amide bonds. The fourth-order valence-corrected chi connectivity index (χ4v) is 7.48. The van der Waals surface area contributed by atoms with E-state index < -0.39 is 70.5 Å². The molecule has 16 nitrogen and oxygen atoms in total. The van der Waals surface area contributed by atoms with E-state index in [9.17, 15) is 53.7 Å². The zero-order valence-electron chi connectivity index (χ0n) is 30.5. The molecule has 8 rings (SSSR count).